The van der Waals surface area contributed by atoms with Gasteiger partial charge in [-0.25, -0.2) is 4.79 Å². The van der Waals surface area contributed by atoms with Gasteiger partial charge in [0.1, 0.15) is 5.72 Å². The number of rotatable bonds is 2. The van der Waals surface area contributed by atoms with E-state index in [9.17, 15) is 9.90 Å². The molecular weight excluding hydrogens is 264 g/mol. The lowest BCUT2D eigenvalue weighted by Crippen LogP contribution is -2.69. The quantitative estimate of drug-likeness (QED) is 0.905. The van der Waals surface area contributed by atoms with Crippen molar-refractivity contribution in [2.75, 3.05) is 4.90 Å². The normalized spacial score (nSPS) is 25.6. The highest BCUT2D eigenvalue weighted by Crippen LogP contribution is 2.39. The number of carbonyl (C=O) groups is 1. The minimum Gasteiger partial charge on any atom is -0.371 e. The van der Waals surface area contributed by atoms with E-state index in [4.69, 9.17) is 0 Å². The standard InChI is InChI=1S/C17H26N2O2/c1-12(2)18-15(20)19(14-9-7-13(3)8-10-14)17(6,21)11-16(18,4)5/h7-10,12,21H,11H2,1-6H3/t17-/m1/s1. The molecule has 1 heterocycles. The lowest BCUT2D eigenvalue weighted by Gasteiger charge is -2.55. The second-order valence-corrected chi connectivity index (χ2v) is 7.12. The zero-order chi connectivity index (χ0) is 16.0. The highest BCUT2D eigenvalue weighted by atomic mass is 16.3. The molecule has 116 valence electrons. The summed E-state index contributed by atoms with van der Waals surface area (Å²) >= 11 is 0. The molecule has 0 aromatic heterocycles. The third kappa shape index (κ3) is 2.77. The maximum Gasteiger partial charge on any atom is 0.327 e. The van der Waals surface area contributed by atoms with Crippen molar-refractivity contribution in [3.05, 3.63) is 29.8 Å². The number of hydrogen-bond acceptors (Lipinski definition) is 2. The van der Waals surface area contributed by atoms with Crippen molar-refractivity contribution in [1.82, 2.24) is 4.90 Å². The Morgan fingerprint density at radius 3 is 2.14 bits per heavy atom. The topological polar surface area (TPSA) is 43.8 Å². The van der Waals surface area contributed by atoms with Crippen molar-refractivity contribution in [1.29, 1.82) is 0 Å². The van der Waals surface area contributed by atoms with Crippen LogP contribution < -0.4 is 4.90 Å². The van der Waals surface area contributed by atoms with Crippen molar-refractivity contribution in [3.63, 3.8) is 0 Å². The third-order valence-electron chi connectivity index (χ3n) is 4.11. The Morgan fingerprint density at radius 2 is 1.67 bits per heavy atom. The van der Waals surface area contributed by atoms with Crippen molar-refractivity contribution in [2.24, 2.45) is 0 Å². The molecule has 0 unspecified atom stereocenters. The summed E-state index contributed by atoms with van der Waals surface area (Å²) in [6.07, 6.45) is 0.498. The molecule has 1 saturated heterocycles. The molecule has 0 radical (unpaired) electrons. The van der Waals surface area contributed by atoms with Gasteiger partial charge in [-0.2, -0.15) is 0 Å². The number of carbonyl (C=O) groups excluding carboxylic acids is 1. The van der Waals surface area contributed by atoms with Crippen molar-refractivity contribution >= 4 is 11.7 Å². The molecule has 1 aliphatic heterocycles. The summed E-state index contributed by atoms with van der Waals surface area (Å²) in [5.74, 6) is 0. The van der Waals surface area contributed by atoms with Gasteiger partial charge < -0.3 is 10.0 Å². The number of urea groups is 1. The molecule has 4 nitrogen and oxygen atoms in total. The van der Waals surface area contributed by atoms with Gasteiger partial charge in [0, 0.05) is 23.7 Å². The Hall–Kier alpha value is -1.55. The number of hydrogen-bond donors (Lipinski definition) is 1. The van der Waals surface area contributed by atoms with Crippen molar-refractivity contribution < 1.29 is 9.90 Å². The van der Waals surface area contributed by atoms with Gasteiger partial charge in [-0.05, 0) is 53.7 Å². The van der Waals surface area contributed by atoms with Crippen molar-refractivity contribution in [2.45, 2.75) is 65.3 Å². The summed E-state index contributed by atoms with van der Waals surface area (Å²) in [6, 6.07) is 7.62. The largest absolute Gasteiger partial charge is 0.371 e. The molecule has 1 fully saturated rings. The molecule has 2 rings (SSSR count). The number of nitrogens with zero attached hydrogens (tertiary/aromatic N) is 2. The number of aliphatic hydroxyl groups is 1. The summed E-state index contributed by atoms with van der Waals surface area (Å²) in [5.41, 5.74) is 0.289. The third-order valence-corrected chi connectivity index (χ3v) is 4.11. The van der Waals surface area contributed by atoms with E-state index in [0.717, 1.165) is 11.3 Å². The van der Waals surface area contributed by atoms with Crippen LogP contribution in [0.25, 0.3) is 0 Å². The van der Waals surface area contributed by atoms with Crippen LogP contribution in [0, 0.1) is 6.92 Å². The fourth-order valence-corrected chi connectivity index (χ4v) is 3.56. The number of anilines is 1. The second kappa shape index (κ2) is 5.02. The Kier molecular flexibility index (Phi) is 3.79. The van der Waals surface area contributed by atoms with E-state index in [1.807, 2.05) is 63.8 Å². The Morgan fingerprint density at radius 1 is 1.14 bits per heavy atom. The number of benzene rings is 1. The molecule has 0 bridgehead atoms. The molecule has 4 heteroatoms. The van der Waals surface area contributed by atoms with Crippen LogP contribution in [0.1, 0.15) is 46.6 Å². The van der Waals surface area contributed by atoms with E-state index in [0.29, 0.717) is 6.42 Å². The van der Waals surface area contributed by atoms with Crippen LogP contribution in [-0.4, -0.2) is 33.3 Å². The summed E-state index contributed by atoms with van der Waals surface area (Å²) in [6.45, 7) is 11.7. The molecule has 2 amide bonds. The molecule has 0 spiro atoms. The van der Waals surface area contributed by atoms with Gasteiger partial charge >= 0.3 is 6.03 Å². The fourth-order valence-electron chi connectivity index (χ4n) is 3.56. The molecule has 1 aliphatic rings. The van der Waals surface area contributed by atoms with Crippen LogP contribution in [0.2, 0.25) is 0 Å². The molecular formula is C17H26N2O2. The molecule has 1 N–H and O–H groups in total. The van der Waals surface area contributed by atoms with Crippen LogP contribution in [-0.2, 0) is 0 Å². The molecule has 1 aromatic carbocycles. The molecule has 1 aromatic rings. The number of amides is 2. The van der Waals surface area contributed by atoms with E-state index in [2.05, 4.69) is 0 Å². The van der Waals surface area contributed by atoms with Crippen LogP contribution in [0.5, 0.6) is 0 Å². The Balaban J connectivity index is 2.48. The molecule has 1 atom stereocenters. The summed E-state index contributed by atoms with van der Waals surface area (Å²) < 4.78 is 0. The predicted octanol–water partition coefficient (Wildman–Crippen LogP) is 3.52. The first-order chi connectivity index (χ1) is 9.56. The Bertz CT molecular complexity index is 532. The highest BCUT2D eigenvalue weighted by molar-refractivity contribution is 5.94. The first-order valence-electron chi connectivity index (χ1n) is 7.49. The summed E-state index contributed by atoms with van der Waals surface area (Å²) in [7, 11) is 0. The second-order valence-electron chi connectivity index (χ2n) is 7.12. The summed E-state index contributed by atoms with van der Waals surface area (Å²) in [5, 5.41) is 10.8. The minimum absolute atomic E-state index is 0.0801. The van der Waals surface area contributed by atoms with E-state index in [-0.39, 0.29) is 17.6 Å². The monoisotopic (exact) mass is 290 g/mol. The van der Waals surface area contributed by atoms with Crippen molar-refractivity contribution in [3.8, 4) is 0 Å². The van der Waals surface area contributed by atoms with Crippen LogP contribution >= 0.6 is 0 Å². The first kappa shape index (κ1) is 15.8. The van der Waals surface area contributed by atoms with Gasteiger partial charge in [0.15, 0.2) is 0 Å². The van der Waals surface area contributed by atoms with Gasteiger partial charge in [-0.3, -0.25) is 4.90 Å². The highest BCUT2D eigenvalue weighted by Gasteiger charge is 2.51. The molecule has 0 aliphatic carbocycles. The smallest absolute Gasteiger partial charge is 0.327 e. The van der Waals surface area contributed by atoms with Gasteiger partial charge in [0.25, 0.3) is 0 Å². The van der Waals surface area contributed by atoms with E-state index < -0.39 is 5.72 Å². The minimum atomic E-state index is -1.19. The summed E-state index contributed by atoms with van der Waals surface area (Å²) in [4.78, 5) is 16.3. The number of aryl methyl sites for hydroxylation is 1. The van der Waals surface area contributed by atoms with E-state index in [1.54, 1.807) is 6.92 Å². The first-order valence-corrected chi connectivity index (χ1v) is 7.49. The van der Waals surface area contributed by atoms with E-state index >= 15 is 0 Å². The van der Waals surface area contributed by atoms with Gasteiger partial charge in [0.05, 0.1) is 0 Å². The average molecular weight is 290 g/mol. The molecule has 0 saturated carbocycles. The SMILES string of the molecule is Cc1ccc(N2C(=O)N(C(C)C)C(C)(C)C[C@@]2(C)O)cc1. The van der Waals surface area contributed by atoms with Crippen LogP contribution in [0.15, 0.2) is 24.3 Å². The van der Waals surface area contributed by atoms with Crippen LogP contribution in [0.4, 0.5) is 10.5 Å². The maximum absolute atomic E-state index is 13.0. The van der Waals surface area contributed by atoms with Gasteiger partial charge in [-0.1, -0.05) is 17.7 Å². The van der Waals surface area contributed by atoms with Gasteiger partial charge in [-0.15, -0.1) is 0 Å². The fraction of sp³-hybridized carbons (Fsp3) is 0.588. The Labute approximate surface area is 127 Å². The lowest BCUT2D eigenvalue weighted by atomic mass is 9.86. The zero-order valence-electron chi connectivity index (χ0n) is 13.8. The maximum atomic E-state index is 13.0. The van der Waals surface area contributed by atoms with Crippen LogP contribution in [0.3, 0.4) is 0 Å². The van der Waals surface area contributed by atoms with E-state index in [1.165, 1.54) is 4.90 Å². The zero-order valence-corrected chi connectivity index (χ0v) is 13.8. The average Bonchev–Trinajstić information content (AvgIpc) is 2.27. The lowest BCUT2D eigenvalue weighted by molar-refractivity contribution is -0.0335. The molecule has 21 heavy (non-hydrogen) atoms. The predicted molar refractivity (Wildman–Crippen MR) is 85.3 cm³/mol. The van der Waals surface area contributed by atoms with Gasteiger partial charge in [0.2, 0.25) is 0 Å².